The fourth-order valence-electron chi connectivity index (χ4n) is 1.41. The first-order valence-corrected chi connectivity index (χ1v) is 4.74. The van der Waals surface area contributed by atoms with E-state index in [1.54, 1.807) is 38.1 Å². The molecule has 0 aliphatic rings. The monoisotopic (exact) mass is 204 g/mol. The first kappa shape index (κ1) is 9.93. The Morgan fingerprint density at radius 2 is 1.93 bits per heavy atom. The molecule has 1 aromatic heterocycles. The van der Waals surface area contributed by atoms with Gasteiger partial charge in [-0.15, -0.1) is 0 Å². The second kappa shape index (κ2) is 3.21. The maximum Gasteiger partial charge on any atom is 0.193 e. The highest BCUT2D eigenvalue weighted by atomic mass is 16.4. The van der Waals surface area contributed by atoms with Gasteiger partial charge in [0.1, 0.15) is 16.9 Å². The minimum absolute atomic E-state index is 0.131. The molecule has 1 heterocycles. The number of rotatable bonds is 1. The zero-order chi connectivity index (χ0) is 11.1. The summed E-state index contributed by atoms with van der Waals surface area (Å²) in [6.45, 7) is 3.17. The number of benzene rings is 1. The summed E-state index contributed by atoms with van der Waals surface area (Å²) in [4.78, 5) is 11.7. The summed E-state index contributed by atoms with van der Waals surface area (Å²) in [6, 6.07) is 8.33. The molecule has 0 fully saturated rings. The lowest BCUT2D eigenvalue weighted by Crippen LogP contribution is -2.18. The minimum Gasteiger partial charge on any atom is -0.458 e. The van der Waals surface area contributed by atoms with Crippen molar-refractivity contribution in [2.75, 3.05) is 0 Å². The second-order valence-corrected chi connectivity index (χ2v) is 4.03. The standard InChI is InChI=1S/C12H12O3/c1-12(2,14)11-7-9(13)8-5-3-4-6-10(8)15-11/h3-7,14H,1-2H3. The third-order valence-corrected chi connectivity index (χ3v) is 2.24. The van der Waals surface area contributed by atoms with Gasteiger partial charge in [-0.25, -0.2) is 0 Å². The Balaban J connectivity index is 2.79. The molecule has 0 saturated carbocycles. The fourth-order valence-corrected chi connectivity index (χ4v) is 1.41. The van der Waals surface area contributed by atoms with Crippen LogP contribution in [0.5, 0.6) is 0 Å². The zero-order valence-corrected chi connectivity index (χ0v) is 8.65. The highest BCUT2D eigenvalue weighted by Crippen LogP contribution is 2.21. The normalized spacial score (nSPS) is 11.9. The van der Waals surface area contributed by atoms with Gasteiger partial charge in [-0.1, -0.05) is 12.1 Å². The van der Waals surface area contributed by atoms with Crippen LogP contribution >= 0.6 is 0 Å². The molecule has 0 amide bonds. The summed E-state index contributed by atoms with van der Waals surface area (Å²) >= 11 is 0. The Bertz CT molecular complexity index is 547. The van der Waals surface area contributed by atoms with Crippen molar-refractivity contribution in [2.45, 2.75) is 19.4 Å². The van der Waals surface area contributed by atoms with Crippen LogP contribution in [0, 0.1) is 0 Å². The Morgan fingerprint density at radius 3 is 2.60 bits per heavy atom. The molecule has 1 N–H and O–H groups in total. The van der Waals surface area contributed by atoms with E-state index >= 15 is 0 Å². The van der Waals surface area contributed by atoms with Gasteiger partial charge in [0.05, 0.1) is 5.39 Å². The molecule has 0 atom stereocenters. The van der Waals surface area contributed by atoms with Gasteiger partial charge in [0, 0.05) is 6.07 Å². The van der Waals surface area contributed by atoms with Crippen LogP contribution in [0.4, 0.5) is 0 Å². The van der Waals surface area contributed by atoms with Gasteiger partial charge in [-0.05, 0) is 26.0 Å². The minimum atomic E-state index is -1.14. The number of hydrogen-bond donors (Lipinski definition) is 1. The zero-order valence-electron chi connectivity index (χ0n) is 8.65. The maximum absolute atomic E-state index is 11.7. The van der Waals surface area contributed by atoms with Crippen LogP contribution in [-0.2, 0) is 5.60 Å². The van der Waals surface area contributed by atoms with Gasteiger partial charge in [-0.3, -0.25) is 4.79 Å². The summed E-state index contributed by atoms with van der Waals surface area (Å²) in [5.74, 6) is 0.284. The predicted molar refractivity (Wildman–Crippen MR) is 57.7 cm³/mol. The van der Waals surface area contributed by atoms with Crippen LogP contribution in [0.3, 0.4) is 0 Å². The summed E-state index contributed by atoms with van der Waals surface area (Å²) in [5, 5.41) is 10.3. The molecule has 0 unspecified atom stereocenters. The average Bonchev–Trinajstić information content (AvgIpc) is 2.16. The van der Waals surface area contributed by atoms with Gasteiger partial charge in [0.15, 0.2) is 5.43 Å². The molecular weight excluding hydrogens is 192 g/mol. The van der Waals surface area contributed by atoms with Crippen LogP contribution in [-0.4, -0.2) is 5.11 Å². The summed E-state index contributed by atoms with van der Waals surface area (Å²) in [7, 11) is 0. The van der Waals surface area contributed by atoms with Gasteiger partial charge in [0.2, 0.25) is 0 Å². The summed E-state index contributed by atoms with van der Waals surface area (Å²) < 4.78 is 5.46. The van der Waals surface area contributed by atoms with Crippen molar-refractivity contribution >= 4 is 11.0 Å². The highest BCUT2D eigenvalue weighted by Gasteiger charge is 2.20. The maximum atomic E-state index is 11.7. The van der Waals surface area contributed by atoms with Crippen molar-refractivity contribution in [3.05, 3.63) is 46.3 Å². The van der Waals surface area contributed by atoms with Crippen LogP contribution in [0.25, 0.3) is 11.0 Å². The lowest BCUT2D eigenvalue weighted by atomic mass is 10.1. The molecule has 78 valence electrons. The van der Waals surface area contributed by atoms with E-state index < -0.39 is 5.60 Å². The first-order valence-electron chi connectivity index (χ1n) is 4.74. The lowest BCUT2D eigenvalue weighted by molar-refractivity contribution is 0.0545. The average molecular weight is 204 g/mol. The second-order valence-electron chi connectivity index (χ2n) is 4.03. The number of aliphatic hydroxyl groups is 1. The molecule has 0 aliphatic heterocycles. The Labute approximate surface area is 87.0 Å². The molecule has 2 aromatic rings. The number of hydrogen-bond acceptors (Lipinski definition) is 3. The molecule has 0 radical (unpaired) electrons. The van der Waals surface area contributed by atoms with Crippen LogP contribution in [0.15, 0.2) is 39.5 Å². The van der Waals surface area contributed by atoms with E-state index in [1.165, 1.54) is 6.07 Å². The molecule has 2 rings (SSSR count). The van der Waals surface area contributed by atoms with E-state index in [0.717, 1.165) is 0 Å². The highest BCUT2D eigenvalue weighted by molar-refractivity contribution is 5.76. The Kier molecular flexibility index (Phi) is 2.12. The van der Waals surface area contributed by atoms with Gasteiger partial charge in [0.25, 0.3) is 0 Å². The van der Waals surface area contributed by atoms with E-state index in [0.29, 0.717) is 11.0 Å². The van der Waals surface area contributed by atoms with Crippen LogP contribution in [0.1, 0.15) is 19.6 Å². The molecular formula is C12H12O3. The number of fused-ring (bicyclic) bond motifs is 1. The van der Waals surface area contributed by atoms with Crippen molar-refractivity contribution in [3.63, 3.8) is 0 Å². The molecule has 15 heavy (non-hydrogen) atoms. The quantitative estimate of drug-likeness (QED) is 0.773. The van der Waals surface area contributed by atoms with Crippen molar-refractivity contribution in [1.82, 2.24) is 0 Å². The molecule has 1 aromatic carbocycles. The van der Waals surface area contributed by atoms with Gasteiger partial charge < -0.3 is 9.52 Å². The Morgan fingerprint density at radius 1 is 1.27 bits per heavy atom. The van der Waals surface area contributed by atoms with Crippen LogP contribution < -0.4 is 5.43 Å². The van der Waals surface area contributed by atoms with Crippen LogP contribution in [0.2, 0.25) is 0 Å². The van der Waals surface area contributed by atoms with Crippen molar-refractivity contribution in [2.24, 2.45) is 0 Å². The van der Waals surface area contributed by atoms with E-state index in [-0.39, 0.29) is 11.2 Å². The largest absolute Gasteiger partial charge is 0.458 e. The van der Waals surface area contributed by atoms with Crippen molar-refractivity contribution in [3.8, 4) is 0 Å². The first-order chi connectivity index (χ1) is 6.98. The summed E-state index contributed by atoms with van der Waals surface area (Å²) in [6.07, 6.45) is 0. The Hall–Kier alpha value is -1.61. The molecule has 0 saturated heterocycles. The van der Waals surface area contributed by atoms with E-state index in [4.69, 9.17) is 4.42 Å². The molecule has 0 bridgehead atoms. The third-order valence-electron chi connectivity index (χ3n) is 2.24. The summed E-state index contributed by atoms with van der Waals surface area (Å²) in [5.41, 5.74) is -0.764. The SMILES string of the molecule is CC(C)(O)c1cc(=O)c2ccccc2o1. The van der Waals surface area contributed by atoms with E-state index in [2.05, 4.69) is 0 Å². The fraction of sp³-hybridized carbons (Fsp3) is 0.250. The van der Waals surface area contributed by atoms with E-state index in [9.17, 15) is 9.90 Å². The third kappa shape index (κ3) is 1.78. The smallest absolute Gasteiger partial charge is 0.193 e. The number of para-hydroxylation sites is 1. The molecule has 3 nitrogen and oxygen atoms in total. The van der Waals surface area contributed by atoms with Gasteiger partial charge >= 0.3 is 0 Å². The van der Waals surface area contributed by atoms with Crippen molar-refractivity contribution < 1.29 is 9.52 Å². The topological polar surface area (TPSA) is 50.4 Å². The van der Waals surface area contributed by atoms with E-state index in [1.807, 2.05) is 0 Å². The molecule has 0 spiro atoms. The van der Waals surface area contributed by atoms with Crippen molar-refractivity contribution in [1.29, 1.82) is 0 Å². The lowest BCUT2D eigenvalue weighted by Gasteiger charge is -2.15. The molecule has 0 aliphatic carbocycles. The molecule has 3 heteroatoms. The predicted octanol–water partition coefficient (Wildman–Crippen LogP) is 2.02. The van der Waals surface area contributed by atoms with Gasteiger partial charge in [-0.2, -0.15) is 0 Å².